The smallest absolute Gasteiger partial charge is 0.242 e. The number of ether oxygens (including phenoxy) is 2. The maximum Gasteiger partial charge on any atom is 0.242 e. The van der Waals surface area contributed by atoms with Crippen LogP contribution in [-0.2, 0) is 49.6 Å². The Morgan fingerprint density at radius 1 is 0.630 bits per heavy atom. The van der Waals surface area contributed by atoms with Gasteiger partial charge in [0.1, 0.15) is 5.75 Å². The molecule has 1 aromatic carbocycles. The molecule has 3 atom stereocenters. The lowest BCUT2D eigenvalue weighted by Crippen LogP contribution is -2.51. The lowest BCUT2D eigenvalue weighted by atomic mass is 9.88. The van der Waals surface area contributed by atoms with Crippen molar-refractivity contribution in [1.29, 1.82) is 0 Å². The first kappa shape index (κ1) is 66.3. The molecule has 416 valence electrons. The second kappa shape index (κ2) is 39.7. The molecule has 0 radical (unpaired) electrons. The minimum absolute atomic E-state index is 0.00142. The molecule has 0 aliphatic carbocycles. The Bertz CT molecular complexity index is 1790. The van der Waals surface area contributed by atoms with E-state index in [-0.39, 0.29) is 82.9 Å². The van der Waals surface area contributed by atoms with E-state index >= 15 is 0 Å². The van der Waals surface area contributed by atoms with Crippen LogP contribution in [0.3, 0.4) is 0 Å². The zero-order valence-corrected chi connectivity index (χ0v) is 45.4. The van der Waals surface area contributed by atoms with Crippen LogP contribution in [0.1, 0.15) is 96.5 Å². The normalized spacial score (nSPS) is 12.4. The first-order chi connectivity index (χ1) is 35.0. The van der Waals surface area contributed by atoms with Crippen LogP contribution >= 0.6 is 11.8 Å². The second-order valence-electron chi connectivity index (χ2n) is 18.7. The summed E-state index contributed by atoms with van der Waals surface area (Å²) >= 11 is 1.53. The average Bonchev–Trinajstić information content (AvgIpc) is 3.36. The van der Waals surface area contributed by atoms with E-state index in [0.717, 1.165) is 5.56 Å². The number of Topliss-reactive ketones (excluding diaryl/α,β-unsaturated/α-hetero) is 2. The molecule has 0 fully saturated rings. The molecule has 2 unspecified atom stereocenters. The SMILES string of the molecule is COCCN(CC(=O)N(CCCCN)CC(=O)CC(C(=O)N[C@H](CCCCN)C(=O)CC(CCSC)C(N)=O)C(C)C)C(=O)CN(CCCCN)C(=O)CN(CCCCN)C(=O)CNCc1ccc(OC)cc1. The Balaban J connectivity index is 3.31. The summed E-state index contributed by atoms with van der Waals surface area (Å²) in [5.41, 5.74) is 29.6. The van der Waals surface area contributed by atoms with E-state index in [1.807, 2.05) is 30.5 Å². The van der Waals surface area contributed by atoms with Crippen LogP contribution in [0.15, 0.2) is 24.3 Å². The Hall–Kier alpha value is -4.71. The maximum atomic E-state index is 14.2. The summed E-state index contributed by atoms with van der Waals surface area (Å²) in [4.78, 5) is 115. The largest absolute Gasteiger partial charge is 0.497 e. The van der Waals surface area contributed by atoms with Gasteiger partial charge < -0.3 is 68.4 Å². The van der Waals surface area contributed by atoms with E-state index < -0.39 is 66.3 Å². The Morgan fingerprint density at radius 2 is 1.12 bits per heavy atom. The lowest BCUT2D eigenvalue weighted by Gasteiger charge is -2.31. The van der Waals surface area contributed by atoms with Gasteiger partial charge in [-0.05, 0) is 126 Å². The summed E-state index contributed by atoms with van der Waals surface area (Å²) in [5.74, 6) is -4.15. The number of methoxy groups -OCH3 is 2. The Kier molecular flexibility index (Phi) is 36.1. The Labute approximate surface area is 438 Å². The van der Waals surface area contributed by atoms with Crippen LogP contribution in [0, 0.1) is 17.8 Å². The van der Waals surface area contributed by atoms with Gasteiger partial charge in [-0.1, -0.05) is 26.0 Å². The summed E-state index contributed by atoms with van der Waals surface area (Å²) in [7, 11) is 3.04. The highest BCUT2D eigenvalue weighted by molar-refractivity contribution is 7.98. The van der Waals surface area contributed by atoms with Crippen LogP contribution in [0.5, 0.6) is 5.75 Å². The van der Waals surface area contributed by atoms with Crippen LogP contribution in [0.25, 0.3) is 0 Å². The number of carbonyl (C=O) groups excluding carboxylic acids is 8. The number of hydrogen-bond acceptors (Lipinski definition) is 16. The van der Waals surface area contributed by atoms with Crippen LogP contribution in [0.4, 0.5) is 0 Å². The standard InChI is InChI=1S/C51H91N11O10S/c1-38(2)43(51(70)58-44(14-6-7-20-52)45(64)30-40(50(56)69)19-29-73-5)31-41(63)34-59(24-11-8-21-53)47(66)37-62(27-28-71-3)49(68)36-61(26-13-10-23-55)48(67)35-60(25-12-9-22-54)46(65)33-57-32-39-15-17-42(72-4)18-16-39/h15-18,38,40,43-44,57H,6-14,19-37,52-55H2,1-5H3,(H2,56,69)(H,58,70)/t40?,43?,44-/m1/s1. The number of unbranched alkanes of at least 4 members (excludes halogenated alkanes) is 4. The molecule has 0 aromatic heterocycles. The van der Waals surface area contributed by atoms with Crippen molar-refractivity contribution in [1.82, 2.24) is 30.2 Å². The number of carbonyl (C=O) groups is 8. The topological polar surface area (TPSA) is 322 Å². The fourth-order valence-electron chi connectivity index (χ4n) is 7.90. The summed E-state index contributed by atoms with van der Waals surface area (Å²) in [5, 5.41) is 6.02. The lowest BCUT2D eigenvalue weighted by molar-refractivity contribution is -0.147. The number of rotatable bonds is 44. The number of ketones is 2. The maximum absolute atomic E-state index is 14.2. The van der Waals surface area contributed by atoms with Crippen molar-refractivity contribution in [3.05, 3.63) is 29.8 Å². The predicted molar refractivity (Wildman–Crippen MR) is 286 cm³/mol. The molecule has 6 amide bonds. The summed E-state index contributed by atoms with van der Waals surface area (Å²) in [6.07, 6.45) is 6.72. The van der Waals surface area contributed by atoms with Crippen molar-refractivity contribution in [2.24, 2.45) is 46.4 Å². The van der Waals surface area contributed by atoms with Crippen molar-refractivity contribution < 1.29 is 47.8 Å². The molecule has 0 saturated carbocycles. The molecule has 73 heavy (non-hydrogen) atoms. The Morgan fingerprint density at radius 3 is 1.59 bits per heavy atom. The monoisotopic (exact) mass is 1050 g/mol. The van der Waals surface area contributed by atoms with Crippen molar-refractivity contribution in [3.8, 4) is 5.75 Å². The first-order valence-corrected chi connectivity index (χ1v) is 27.3. The molecule has 12 N–H and O–H groups in total. The molecule has 22 heteroatoms. The molecule has 0 heterocycles. The van der Waals surface area contributed by atoms with Gasteiger partial charge >= 0.3 is 0 Å². The zero-order chi connectivity index (χ0) is 54.6. The molecule has 0 bridgehead atoms. The molecule has 0 spiro atoms. The third-order valence-electron chi connectivity index (χ3n) is 12.5. The van der Waals surface area contributed by atoms with Crippen LogP contribution < -0.4 is 44.0 Å². The molecular formula is C51H91N11O10S. The van der Waals surface area contributed by atoms with Crippen LogP contribution in [-0.4, -0.2) is 191 Å². The van der Waals surface area contributed by atoms with Crippen molar-refractivity contribution >= 4 is 58.8 Å². The molecule has 0 aliphatic rings. The zero-order valence-electron chi connectivity index (χ0n) is 44.6. The van der Waals surface area contributed by atoms with Gasteiger partial charge in [0.15, 0.2) is 11.6 Å². The van der Waals surface area contributed by atoms with Gasteiger partial charge in [-0.2, -0.15) is 11.8 Å². The third kappa shape index (κ3) is 28.0. The van der Waals surface area contributed by atoms with E-state index in [1.54, 1.807) is 21.0 Å². The molecule has 1 aromatic rings. The number of nitrogens with zero attached hydrogens (tertiary/aromatic N) is 4. The number of benzene rings is 1. The van der Waals surface area contributed by atoms with Gasteiger partial charge in [0.05, 0.1) is 52.5 Å². The summed E-state index contributed by atoms with van der Waals surface area (Å²) < 4.78 is 10.5. The molecule has 1 rings (SSSR count). The quantitative estimate of drug-likeness (QED) is 0.0441. The highest BCUT2D eigenvalue weighted by atomic mass is 32.2. The highest BCUT2D eigenvalue weighted by Gasteiger charge is 2.33. The van der Waals surface area contributed by atoms with E-state index in [4.69, 9.17) is 38.1 Å². The number of nitrogens with two attached hydrogens (primary N) is 5. The fourth-order valence-corrected chi connectivity index (χ4v) is 8.42. The summed E-state index contributed by atoms with van der Waals surface area (Å²) in [6, 6.07) is 6.52. The van der Waals surface area contributed by atoms with Gasteiger partial charge in [-0.15, -0.1) is 0 Å². The summed E-state index contributed by atoms with van der Waals surface area (Å²) in [6.45, 7) is 4.68. The second-order valence-corrected chi connectivity index (χ2v) is 19.7. The van der Waals surface area contributed by atoms with Gasteiger partial charge in [-0.25, -0.2) is 0 Å². The van der Waals surface area contributed by atoms with Gasteiger partial charge in [0.25, 0.3) is 0 Å². The van der Waals surface area contributed by atoms with Crippen LogP contribution in [0.2, 0.25) is 0 Å². The highest BCUT2D eigenvalue weighted by Crippen LogP contribution is 2.20. The van der Waals surface area contributed by atoms with Gasteiger partial charge in [0.2, 0.25) is 35.4 Å². The van der Waals surface area contributed by atoms with Crippen molar-refractivity contribution in [2.75, 3.05) is 118 Å². The molecule has 21 nitrogen and oxygen atoms in total. The third-order valence-corrected chi connectivity index (χ3v) is 13.1. The predicted octanol–water partition coefficient (Wildman–Crippen LogP) is 0.621. The number of amides is 6. The molecular weight excluding hydrogens is 959 g/mol. The number of thioether (sulfide) groups is 1. The van der Waals surface area contributed by atoms with Gasteiger partial charge in [0, 0.05) is 64.5 Å². The first-order valence-electron chi connectivity index (χ1n) is 25.9. The van der Waals surface area contributed by atoms with Crippen molar-refractivity contribution in [2.45, 2.75) is 103 Å². The van der Waals surface area contributed by atoms with Gasteiger partial charge in [-0.3, -0.25) is 38.4 Å². The minimum atomic E-state index is -0.912. The van der Waals surface area contributed by atoms with E-state index in [0.29, 0.717) is 108 Å². The van der Waals surface area contributed by atoms with E-state index in [2.05, 4.69) is 10.6 Å². The number of hydrogen-bond donors (Lipinski definition) is 7. The molecule has 0 aliphatic heterocycles. The number of primary amides is 1. The minimum Gasteiger partial charge on any atom is -0.497 e. The van der Waals surface area contributed by atoms with Crippen molar-refractivity contribution in [3.63, 3.8) is 0 Å². The van der Waals surface area contributed by atoms with E-state index in [9.17, 15) is 38.4 Å². The van der Waals surface area contributed by atoms with E-state index in [1.165, 1.54) is 38.5 Å². The fraction of sp³-hybridized carbons (Fsp3) is 0.725. The molecule has 0 saturated heterocycles. The average molecular weight is 1050 g/mol. The number of nitrogens with one attached hydrogen (secondary N) is 2.